The Labute approximate surface area is 225 Å². The molecule has 0 spiro atoms. The lowest BCUT2D eigenvalue weighted by Gasteiger charge is -2.32. The van der Waals surface area contributed by atoms with Crippen LogP contribution in [0.3, 0.4) is 0 Å². The van der Waals surface area contributed by atoms with Gasteiger partial charge in [0.15, 0.2) is 6.61 Å². The number of benzene rings is 1. The number of carbonyl (C=O) groups excluding carboxylic acids is 4. The number of β-amino-alcohol motifs (C(OH)–C–C–N with tert-alkyl or cyclic N) is 1. The molecule has 4 amide bonds. The van der Waals surface area contributed by atoms with Gasteiger partial charge in [-0.2, -0.15) is 0 Å². The quantitative estimate of drug-likeness (QED) is 0.400. The van der Waals surface area contributed by atoms with Gasteiger partial charge in [0.1, 0.15) is 17.8 Å². The minimum Gasteiger partial charge on any atom is -0.483 e. The minimum absolute atomic E-state index is 0.0272. The molecule has 0 unspecified atom stereocenters. The summed E-state index contributed by atoms with van der Waals surface area (Å²) in [6.45, 7) is 9.41. The molecule has 38 heavy (non-hydrogen) atoms. The third kappa shape index (κ3) is 7.46. The van der Waals surface area contributed by atoms with Crippen molar-refractivity contribution in [3.63, 3.8) is 0 Å². The number of ether oxygens (including phenoxy) is 1. The molecule has 0 radical (unpaired) electrons. The molecule has 1 aliphatic carbocycles. The Hall–Kier alpha value is -3.14. The van der Waals surface area contributed by atoms with Crippen molar-refractivity contribution in [2.75, 3.05) is 20.2 Å². The molecule has 10 nitrogen and oxygen atoms in total. The summed E-state index contributed by atoms with van der Waals surface area (Å²) >= 11 is 0. The van der Waals surface area contributed by atoms with Gasteiger partial charge in [0.25, 0.3) is 11.8 Å². The van der Waals surface area contributed by atoms with Crippen LogP contribution in [0.2, 0.25) is 0 Å². The van der Waals surface area contributed by atoms with Gasteiger partial charge in [0.05, 0.1) is 11.7 Å². The van der Waals surface area contributed by atoms with Crippen LogP contribution in [-0.4, -0.2) is 88.5 Å². The Balaban J connectivity index is 1.74. The molecule has 1 heterocycles. The first-order chi connectivity index (χ1) is 17.8. The summed E-state index contributed by atoms with van der Waals surface area (Å²) in [5.74, 6) is -1.12. The first kappa shape index (κ1) is 29.4. The zero-order chi connectivity index (χ0) is 28.2. The Morgan fingerprint density at radius 1 is 1.16 bits per heavy atom. The van der Waals surface area contributed by atoms with Crippen LogP contribution in [0.25, 0.3) is 0 Å². The average molecular weight is 531 g/mol. The normalized spacial score (nSPS) is 20.7. The third-order valence-electron chi connectivity index (χ3n) is 7.21. The second-order valence-corrected chi connectivity index (χ2v) is 11.5. The Morgan fingerprint density at radius 3 is 2.42 bits per heavy atom. The van der Waals surface area contributed by atoms with Crippen LogP contribution in [-0.2, 0) is 14.4 Å². The van der Waals surface area contributed by atoms with Crippen LogP contribution >= 0.6 is 0 Å². The van der Waals surface area contributed by atoms with Crippen molar-refractivity contribution in [1.82, 2.24) is 20.4 Å². The monoisotopic (exact) mass is 530 g/mol. The topological polar surface area (TPSA) is 128 Å². The number of carbonyl (C=O) groups is 4. The maximum Gasteiger partial charge on any atom is 0.258 e. The molecular formula is C28H42N4O6. The maximum absolute atomic E-state index is 13.7. The number of para-hydroxylation sites is 1. The molecule has 3 N–H and O–H groups in total. The minimum atomic E-state index is -0.904. The van der Waals surface area contributed by atoms with E-state index in [1.54, 1.807) is 36.2 Å². The molecule has 3 atom stereocenters. The van der Waals surface area contributed by atoms with Crippen molar-refractivity contribution in [2.45, 2.75) is 90.1 Å². The lowest BCUT2D eigenvalue weighted by molar-refractivity contribution is -0.145. The fourth-order valence-electron chi connectivity index (χ4n) is 4.52. The molecule has 1 aromatic carbocycles. The van der Waals surface area contributed by atoms with Crippen molar-refractivity contribution in [1.29, 1.82) is 0 Å². The van der Waals surface area contributed by atoms with Crippen molar-refractivity contribution < 1.29 is 29.0 Å². The van der Waals surface area contributed by atoms with Gasteiger partial charge in [-0.25, -0.2) is 0 Å². The number of amides is 4. The second-order valence-electron chi connectivity index (χ2n) is 11.5. The van der Waals surface area contributed by atoms with Crippen LogP contribution in [0.15, 0.2) is 24.3 Å². The zero-order valence-electron chi connectivity index (χ0n) is 23.3. The highest BCUT2D eigenvalue weighted by Gasteiger charge is 2.43. The SMILES string of the molecule is CC(C)C[C@@H](NC(=O)c1ccccc1OCC(=O)NC1(C)CC1)C(=O)N1C[C@@H](O)C[C@@H]1C(=O)N(C)C(C)C. The van der Waals surface area contributed by atoms with Crippen LogP contribution in [0, 0.1) is 5.92 Å². The van der Waals surface area contributed by atoms with Gasteiger partial charge in [-0.15, -0.1) is 0 Å². The molecule has 10 heteroatoms. The number of rotatable bonds is 11. The third-order valence-corrected chi connectivity index (χ3v) is 7.21. The Bertz CT molecular complexity index is 1040. The fourth-order valence-corrected chi connectivity index (χ4v) is 4.52. The van der Waals surface area contributed by atoms with Gasteiger partial charge in [-0.1, -0.05) is 26.0 Å². The maximum atomic E-state index is 13.7. The van der Waals surface area contributed by atoms with E-state index < -0.39 is 30.0 Å². The largest absolute Gasteiger partial charge is 0.483 e. The zero-order valence-corrected chi connectivity index (χ0v) is 23.3. The predicted octanol–water partition coefficient (Wildman–Crippen LogP) is 1.71. The highest BCUT2D eigenvalue weighted by Crippen LogP contribution is 2.34. The lowest BCUT2D eigenvalue weighted by Crippen LogP contribution is -2.54. The fraction of sp³-hybridized carbons (Fsp3) is 0.643. The second kappa shape index (κ2) is 12.1. The molecule has 1 aliphatic heterocycles. The number of hydrogen-bond acceptors (Lipinski definition) is 6. The standard InChI is InChI=1S/C28H42N4O6/c1-17(2)13-21(26(36)32-15-19(33)14-22(32)27(37)31(6)18(3)4)29-25(35)20-9-7-8-10-23(20)38-16-24(34)30-28(5)11-12-28/h7-10,17-19,21-22,33H,11-16H2,1-6H3,(H,29,35)(H,30,34)/t19-,21+,22+/m0/s1. The van der Waals surface area contributed by atoms with Crippen molar-refractivity contribution in [3.8, 4) is 5.75 Å². The van der Waals surface area contributed by atoms with E-state index in [0.717, 1.165) is 12.8 Å². The van der Waals surface area contributed by atoms with E-state index in [2.05, 4.69) is 10.6 Å². The molecule has 210 valence electrons. The van der Waals surface area contributed by atoms with Crippen LogP contribution in [0.5, 0.6) is 5.75 Å². The van der Waals surface area contributed by atoms with Crippen molar-refractivity contribution in [3.05, 3.63) is 29.8 Å². The molecule has 0 bridgehead atoms. The number of aliphatic hydroxyl groups is 1. The van der Waals surface area contributed by atoms with Gasteiger partial charge in [-0.05, 0) is 58.1 Å². The van der Waals surface area contributed by atoms with E-state index in [9.17, 15) is 24.3 Å². The highest BCUT2D eigenvalue weighted by molar-refractivity contribution is 6.00. The Morgan fingerprint density at radius 2 is 1.82 bits per heavy atom. The summed E-state index contributed by atoms with van der Waals surface area (Å²) in [5.41, 5.74) is 0.0295. The molecule has 3 rings (SSSR count). The summed E-state index contributed by atoms with van der Waals surface area (Å²) in [5, 5.41) is 16.1. The molecule has 1 saturated heterocycles. The van der Waals surface area contributed by atoms with Gasteiger partial charge in [-0.3, -0.25) is 19.2 Å². The van der Waals surface area contributed by atoms with Gasteiger partial charge in [0, 0.05) is 31.6 Å². The number of aliphatic hydroxyl groups excluding tert-OH is 1. The van der Waals surface area contributed by atoms with E-state index in [1.807, 2.05) is 34.6 Å². The molecule has 1 aromatic rings. The molecular weight excluding hydrogens is 488 g/mol. The first-order valence-electron chi connectivity index (χ1n) is 13.4. The average Bonchev–Trinajstić information content (AvgIpc) is 3.45. The van der Waals surface area contributed by atoms with Crippen molar-refractivity contribution >= 4 is 23.6 Å². The van der Waals surface area contributed by atoms with E-state index in [0.29, 0.717) is 6.42 Å². The van der Waals surface area contributed by atoms with Crippen LogP contribution in [0.1, 0.15) is 70.7 Å². The Kier molecular flexibility index (Phi) is 9.40. The smallest absolute Gasteiger partial charge is 0.258 e. The van der Waals surface area contributed by atoms with Crippen LogP contribution < -0.4 is 15.4 Å². The summed E-state index contributed by atoms with van der Waals surface area (Å²) in [7, 11) is 1.68. The van der Waals surface area contributed by atoms with Crippen LogP contribution in [0.4, 0.5) is 0 Å². The van der Waals surface area contributed by atoms with Gasteiger partial charge >= 0.3 is 0 Å². The first-order valence-corrected chi connectivity index (χ1v) is 13.4. The number of likely N-dealkylation sites (tertiary alicyclic amines) is 1. The van der Waals surface area contributed by atoms with Gasteiger partial charge in [0.2, 0.25) is 11.8 Å². The number of nitrogens with one attached hydrogen (secondary N) is 2. The van der Waals surface area contributed by atoms with E-state index in [4.69, 9.17) is 4.74 Å². The molecule has 1 saturated carbocycles. The molecule has 2 aliphatic rings. The molecule has 0 aromatic heterocycles. The number of likely N-dealkylation sites (N-methyl/N-ethyl adjacent to an activating group) is 1. The summed E-state index contributed by atoms with van der Waals surface area (Å²) in [4.78, 5) is 55.3. The number of hydrogen-bond donors (Lipinski definition) is 3. The van der Waals surface area contributed by atoms with Gasteiger partial charge < -0.3 is 30.3 Å². The lowest BCUT2D eigenvalue weighted by atomic mass is 10.0. The molecule has 2 fully saturated rings. The van der Waals surface area contributed by atoms with E-state index >= 15 is 0 Å². The van der Waals surface area contributed by atoms with Crippen molar-refractivity contribution in [2.24, 2.45) is 5.92 Å². The van der Waals surface area contributed by atoms with E-state index in [-0.39, 0.29) is 60.2 Å². The highest BCUT2D eigenvalue weighted by atomic mass is 16.5. The van der Waals surface area contributed by atoms with E-state index in [1.165, 1.54) is 4.90 Å². The summed E-state index contributed by atoms with van der Waals surface area (Å²) in [6, 6.07) is 4.81. The number of nitrogens with zero attached hydrogens (tertiary/aromatic N) is 2. The predicted molar refractivity (Wildman–Crippen MR) is 142 cm³/mol. The summed E-state index contributed by atoms with van der Waals surface area (Å²) in [6.07, 6.45) is 1.54. The summed E-state index contributed by atoms with van der Waals surface area (Å²) < 4.78 is 5.68.